The van der Waals surface area contributed by atoms with Gasteiger partial charge in [-0.3, -0.25) is 4.79 Å². The number of aliphatic hydroxyl groups is 1. The highest BCUT2D eigenvalue weighted by Gasteiger charge is 2.28. The maximum atomic E-state index is 14.5. The third-order valence-corrected chi connectivity index (χ3v) is 6.29. The summed E-state index contributed by atoms with van der Waals surface area (Å²) in [4.78, 5) is 25.6. The highest BCUT2D eigenvalue weighted by Crippen LogP contribution is 2.27. The van der Waals surface area contributed by atoms with Crippen molar-refractivity contribution in [3.05, 3.63) is 42.0 Å². The van der Waals surface area contributed by atoms with E-state index in [0.29, 0.717) is 55.6 Å². The summed E-state index contributed by atoms with van der Waals surface area (Å²) in [6, 6.07) is 6.60. The summed E-state index contributed by atoms with van der Waals surface area (Å²) in [6.07, 6.45) is 4.29. The largest absolute Gasteiger partial charge is 0.497 e. The minimum atomic E-state index is -0.310. The van der Waals surface area contributed by atoms with Crippen LogP contribution in [0, 0.1) is 5.82 Å². The van der Waals surface area contributed by atoms with E-state index in [-0.39, 0.29) is 29.9 Å². The Morgan fingerprint density at radius 2 is 2.00 bits per heavy atom. The van der Waals surface area contributed by atoms with Crippen LogP contribution in [-0.4, -0.2) is 65.9 Å². The highest BCUT2D eigenvalue weighted by atomic mass is 19.1. The number of carbonyl (C=O) groups is 1. The zero-order valence-electron chi connectivity index (χ0n) is 18.5. The monoisotopic (exact) mass is 443 g/mol. The number of anilines is 2. The lowest BCUT2D eigenvalue weighted by atomic mass is 9.93. The maximum absolute atomic E-state index is 14.5. The molecule has 4 rings (SSSR count). The van der Waals surface area contributed by atoms with E-state index in [2.05, 4.69) is 15.3 Å². The Morgan fingerprint density at radius 3 is 2.69 bits per heavy atom. The molecular weight excluding hydrogens is 413 g/mol. The first-order chi connectivity index (χ1) is 15.4. The highest BCUT2D eigenvalue weighted by molar-refractivity contribution is 5.92. The smallest absolute Gasteiger partial charge is 0.270 e. The van der Waals surface area contributed by atoms with Gasteiger partial charge in [0.05, 0.1) is 18.9 Å². The molecule has 9 heteroatoms. The predicted molar refractivity (Wildman–Crippen MR) is 120 cm³/mol. The molecule has 2 aromatic rings. The second kappa shape index (κ2) is 9.68. The predicted octanol–water partition coefficient (Wildman–Crippen LogP) is 2.37. The number of amides is 1. The van der Waals surface area contributed by atoms with Crippen molar-refractivity contribution < 1.29 is 19.0 Å². The number of nitrogens with zero attached hydrogens (tertiary/aromatic N) is 4. The molecule has 1 aliphatic heterocycles. The summed E-state index contributed by atoms with van der Waals surface area (Å²) >= 11 is 0. The number of hydrogen-bond donors (Lipinski definition) is 2. The van der Waals surface area contributed by atoms with Gasteiger partial charge in [-0.2, -0.15) is 0 Å². The van der Waals surface area contributed by atoms with Crippen molar-refractivity contribution >= 4 is 17.5 Å². The van der Waals surface area contributed by atoms with Gasteiger partial charge in [0, 0.05) is 44.0 Å². The molecule has 2 N–H and O–H groups in total. The van der Waals surface area contributed by atoms with Crippen LogP contribution in [0.3, 0.4) is 0 Å². The number of ether oxygens (including phenoxy) is 1. The van der Waals surface area contributed by atoms with Gasteiger partial charge in [-0.05, 0) is 50.8 Å². The van der Waals surface area contributed by atoms with E-state index >= 15 is 0 Å². The lowest BCUT2D eigenvalue weighted by molar-refractivity contribution is 0.0863. The topological polar surface area (TPSA) is 90.8 Å². The van der Waals surface area contributed by atoms with E-state index < -0.39 is 0 Å². The molecule has 2 heterocycles. The zero-order valence-corrected chi connectivity index (χ0v) is 18.5. The van der Waals surface area contributed by atoms with Gasteiger partial charge >= 0.3 is 0 Å². The van der Waals surface area contributed by atoms with Crippen LogP contribution in [0.15, 0.2) is 30.5 Å². The van der Waals surface area contributed by atoms with Crippen molar-refractivity contribution in [2.24, 2.45) is 0 Å². The number of aliphatic hydroxyl groups excluding tert-OH is 1. The normalized spacial score (nSPS) is 23.7. The van der Waals surface area contributed by atoms with Crippen molar-refractivity contribution in [1.82, 2.24) is 15.3 Å². The molecule has 2 fully saturated rings. The summed E-state index contributed by atoms with van der Waals surface area (Å²) in [5.41, 5.74) is 0.876. The van der Waals surface area contributed by atoms with Crippen LogP contribution in [0.5, 0.6) is 5.75 Å². The van der Waals surface area contributed by atoms with Crippen LogP contribution in [-0.2, 0) is 0 Å². The molecule has 1 aromatic heterocycles. The molecule has 2 aliphatic rings. The lowest BCUT2D eigenvalue weighted by Gasteiger charge is -2.41. The van der Waals surface area contributed by atoms with Gasteiger partial charge in [0.15, 0.2) is 0 Å². The molecule has 0 spiro atoms. The Labute approximate surface area is 187 Å². The van der Waals surface area contributed by atoms with Crippen LogP contribution in [0.1, 0.15) is 43.1 Å². The Hall–Kier alpha value is -2.94. The van der Waals surface area contributed by atoms with Gasteiger partial charge in [-0.15, -0.1) is 0 Å². The standard InChI is InChI=1S/C23H30FN5O3/c1-15-14-28(21-8-7-18(32-2)13-19(21)24)11-12-29(15)23-25-10-9-20(27-23)22(31)26-16-3-5-17(30)6-4-16/h7-10,13,15-17,30H,3-6,11-12,14H2,1-2H3,(H,26,31). The molecule has 32 heavy (non-hydrogen) atoms. The maximum Gasteiger partial charge on any atom is 0.270 e. The third kappa shape index (κ3) is 4.93. The summed E-state index contributed by atoms with van der Waals surface area (Å²) in [6.45, 7) is 3.86. The minimum absolute atomic E-state index is 0.0309. The third-order valence-electron chi connectivity index (χ3n) is 6.29. The van der Waals surface area contributed by atoms with Crippen LogP contribution in [0.4, 0.5) is 16.0 Å². The fraction of sp³-hybridized carbons (Fsp3) is 0.522. The fourth-order valence-electron chi connectivity index (χ4n) is 4.44. The van der Waals surface area contributed by atoms with Crippen LogP contribution in [0.25, 0.3) is 0 Å². The van der Waals surface area contributed by atoms with Gasteiger partial charge in [0.25, 0.3) is 5.91 Å². The zero-order chi connectivity index (χ0) is 22.7. The van der Waals surface area contributed by atoms with Gasteiger partial charge in [0.1, 0.15) is 17.3 Å². The van der Waals surface area contributed by atoms with Crippen LogP contribution >= 0.6 is 0 Å². The first kappa shape index (κ1) is 22.3. The van der Waals surface area contributed by atoms with Crippen LogP contribution < -0.4 is 19.9 Å². The van der Waals surface area contributed by atoms with Crippen molar-refractivity contribution in [3.8, 4) is 5.75 Å². The number of carbonyl (C=O) groups excluding carboxylic acids is 1. The molecule has 1 aromatic carbocycles. The van der Waals surface area contributed by atoms with E-state index in [9.17, 15) is 14.3 Å². The quantitative estimate of drug-likeness (QED) is 0.733. The molecular formula is C23H30FN5O3. The van der Waals surface area contributed by atoms with Gasteiger partial charge in [-0.25, -0.2) is 14.4 Å². The van der Waals surface area contributed by atoms with E-state index in [0.717, 1.165) is 12.8 Å². The first-order valence-electron chi connectivity index (χ1n) is 11.1. The Balaban J connectivity index is 1.41. The van der Waals surface area contributed by atoms with E-state index in [1.807, 2.05) is 16.7 Å². The molecule has 8 nitrogen and oxygen atoms in total. The number of benzene rings is 1. The molecule has 1 aliphatic carbocycles. The molecule has 1 unspecified atom stereocenters. The number of rotatable bonds is 5. The number of hydrogen-bond acceptors (Lipinski definition) is 7. The second-order valence-corrected chi connectivity index (χ2v) is 8.53. The second-order valence-electron chi connectivity index (χ2n) is 8.53. The van der Waals surface area contributed by atoms with Crippen molar-refractivity contribution in [2.75, 3.05) is 36.5 Å². The number of aromatic nitrogens is 2. The van der Waals surface area contributed by atoms with Gasteiger partial charge in [0.2, 0.25) is 5.95 Å². The lowest BCUT2D eigenvalue weighted by Crippen LogP contribution is -2.53. The summed E-state index contributed by atoms with van der Waals surface area (Å²) in [7, 11) is 1.52. The summed E-state index contributed by atoms with van der Waals surface area (Å²) in [5.74, 6) is 0.460. The summed E-state index contributed by atoms with van der Waals surface area (Å²) in [5, 5.41) is 12.7. The van der Waals surface area contributed by atoms with Crippen molar-refractivity contribution in [2.45, 2.75) is 50.8 Å². The number of piperazine rings is 1. The van der Waals surface area contributed by atoms with Gasteiger partial charge in [-0.1, -0.05) is 0 Å². The minimum Gasteiger partial charge on any atom is -0.497 e. The van der Waals surface area contributed by atoms with Crippen molar-refractivity contribution in [3.63, 3.8) is 0 Å². The Bertz CT molecular complexity index is 951. The number of methoxy groups -OCH3 is 1. The average Bonchev–Trinajstić information content (AvgIpc) is 2.80. The molecule has 1 saturated heterocycles. The van der Waals surface area contributed by atoms with Crippen LogP contribution in [0.2, 0.25) is 0 Å². The van der Waals surface area contributed by atoms with E-state index in [1.165, 1.54) is 13.2 Å². The summed E-state index contributed by atoms with van der Waals surface area (Å²) < 4.78 is 19.6. The number of halogens is 1. The average molecular weight is 444 g/mol. The molecule has 1 atom stereocenters. The van der Waals surface area contributed by atoms with Gasteiger partial charge < -0.3 is 25.0 Å². The molecule has 1 amide bonds. The number of nitrogens with one attached hydrogen (secondary N) is 1. The molecule has 172 valence electrons. The Morgan fingerprint density at radius 1 is 1.22 bits per heavy atom. The molecule has 1 saturated carbocycles. The van der Waals surface area contributed by atoms with Crippen molar-refractivity contribution in [1.29, 1.82) is 0 Å². The fourth-order valence-corrected chi connectivity index (χ4v) is 4.44. The SMILES string of the molecule is COc1ccc(N2CCN(c3nccc(C(=O)NC4CCC(O)CC4)n3)C(C)C2)c(F)c1. The molecule has 0 bridgehead atoms. The van der Waals surface area contributed by atoms with E-state index in [4.69, 9.17) is 4.74 Å². The Kier molecular flexibility index (Phi) is 6.74. The molecule has 0 radical (unpaired) electrons. The van der Waals surface area contributed by atoms with E-state index in [1.54, 1.807) is 24.4 Å². The first-order valence-corrected chi connectivity index (χ1v) is 11.1.